The molecule has 1 amide bonds. The molecule has 2 N–H and O–H groups in total. The highest BCUT2D eigenvalue weighted by Gasteiger charge is 2.31. The molecule has 0 spiro atoms. The summed E-state index contributed by atoms with van der Waals surface area (Å²) in [5.41, 5.74) is 1.00. The third-order valence-corrected chi connectivity index (χ3v) is 5.62. The van der Waals surface area contributed by atoms with Crippen LogP contribution in [0.2, 0.25) is 0 Å². The zero-order chi connectivity index (χ0) is 23.1. The van der Waals surface area contributed by atoms with Gasteiger partial charge in [0.2, 0.25) is 10.0 Å². The molecule has 0 aliphatic rings. The number of hydrogen-bond donors (Lipinski definition) is 2. The highest BCUT2D eigenvalue weighted by molar-refractivity contribution is 7.89. The van der Waals surface area contributed by atoms with E-state index in [-0.39, 0.29) is 0 Å². The molecule has 0 radical (unpaired) electrons. The van der Waals surface area contributed by atoms with Crippen molar-refractivity contribution < 1.29 is 35.9 Å². The molecule has 0 aliphatic heterocycles. The van der Waals surface area contributed by atoms with Crippen molar-refractivity contribution in [3.05, 3.63) is 65.2 Å². The van der Waals surface area contributed by atoms with Crippen molar-refractivity contribution in [2.75, 3.05) is 19.7 Å². The highest BCUT2D eigenvalue weighted by atomic mass is 32.2. The van der Waals surface area contributed by atoms with E-state index >= 15 is 0 Å². The summed E-state index contributed by atoms with van der Waals surface area (Å²) in [7, 11) is -4.38. The molecule has 11 heteroatoms. The second-order valence-electron chi connectivity index (χ2n) is 6.54. The monoisotopic (exact) mass is 458 g/mol. The lowest BCUT2D eigenvalue weighted by Gasteiger charge is -2.10. The number of rotatable bonds is 9. The van der Waals surface area contributed by atoms with Gasteiger partial charge >= 0.3 is 12.1 Å². The lowest BCUT2D eigenvalue weighted by atomic mass is 10.1. The molecule has 2 aromatic carbocycles. The summed E-state index contributed by atoms with van der Waals surface area (Å²) in [5.74, 6) is -1.62. The molecule has 0 aliphatic carbocycles. The minimum absolute atomic E-state index is 0.323. The number of carbonyl (C=O) groups is 2. The molecule has 0 bridgehead atoms. The van der Waals surface area contributed by atoms with Crippen molar-refractivity contribution in [2.45, 2.75) is 24.4 Å². The summed E-state index contributed by atoms with van der Waals surface area (Å²) >= 11 is 0. The van der Waals surface area contributed by atoms with E-state index in [9.17, 15) is 31.2 Å². The van der Waals surface area contributed by atoms with Gasteiger partial charge in [-0.3, -0.25) is 9.59 Å². The number of hydrogen-bond acceptors (Lipinski definition) is 5. The van der Waals surface area contributed by atoms with Gasteiger partial charge in [-0.25, -0.2) is 8.42 Å². The summed E-state index contributed by atoms with van der Waals surface area (Å²) in [4.78, 5) is 22.8. The summed E-state index contributed by atoms with van der Waals surface area (Å²) < 4.78 is 68.9. The highest BCUT2D eigenvalue weighted by Crippen LogP contribution is 2.30. The Bertz CT molecular complexity index is 1040. The van der Waals surface area contributed by atoms with Crippen molar-refractivity contribution in [2.24, 2.45) is 0 Å². The molecule has 7 nitrogen and oxygen atoms in total. The van der Waals surface area contributed by atoms with E-state index in [1.807, 2.05) is 35.9 Å². The van der Waals surface area contributed by atoms with Crippen LogP contribution in [-0.4, -0.2) is 40.0 Å². The number of benzene rings is 2. The Hall–Kier alpha value is -2.92. The predicted octanol–water partition coefficient (Wildman–Crippen LogP) is 2.19. The number of sulfonamides is 1. The summed E-state index contributed by atoms with van der Waals surface area (Å²) in [6, 6.07) is 10.7. The third-order valence-electron chi connectivity index (χ3n) is 4.22. The maximum atomic E-state index is 12.7. The van der Waals surface area contributed by atoms with E-state index in [1.54, 1.807) is 0 Å². The quantitative estimate of drug-likeness (QED) is 0.561. The number of esters is 1. The molecule has 0 fully saturated rings. The number of amides is 1. The molecule has 168 valence electrons. The largest absolute Gasteiger partial charge is 0.455 e. The van der Waals surface area contributed by atoms with Gasteiger partial charge in [0.05, 0.1) is 10.5 Å². The fraction of sp³-hybridized carbons (Fsp3) is 0.300. The third kappa shape index (κ3) is 7.68. The normalized spacial score (nSPS) is 11.7. The number of alkyl halides is 3. The zero-order valence-electron chi connectivity index (χ0n) is 16.5. The van der Waals surface area contributed by atoms with Crippen LogP contribution >= 0.6 is 0 Å². The number of nitrogens with one attached hydrogen (secondary N) is 2. The Labute approximate surface area is 177 Å². The first kappa shape index (κ1) is 24.4. The van der Waals surface area contributed by atoms with Crippen molar-refractivity contribution in [1.29, 1.82) is 0 Å². The lowest BCUT2D eigenvalue weighted by Crippen LogP contribution is -2.34. The van der Waals surface area contributed by atoms with Crippen LogP contribution in [0, 0.1) is 6.92 Å². The lowest BCUT2D eigenvalue weighted by molar-refractivity contribution is -0.147. The van der Waals surface area contributed by atoms with Gasteiger partial charge in [-0.1, -0.05) is 30.3 Å². The van der Waals surface area contributed by atoms with Crippen LogP contribution in [0.1, 0.15) is 16.7 Å². The van der Waals surface area contributed by atoms with Crippen LogP contribution in [0.15, 0.2) is 53.4 Å². The first-order valence-corrected chi connectivity index (χ1v) is 10.6. The van der Waals surface area contributed by atoms with Gasteiger partial charge in [0.15, 0.2) is 6.61 Å². The van der Waals surface area contributed by atoms with Crippen molar-refractivity contribution in [3.8, 4) is 0 Å². The van der Waals surface area contributed by atoms with Gasteiger partial charge in [-0.15, -0.1) is 0 Å². The number of aryl methyl sites for hydroxylation is 1. The van der Waals surface area contributed by atoms with E-state index in [0.29, 0.717) is 19.0 Å². The second kappa shape index (κ2) is 10.4. The molecule has 0 heterocycles. The average Bonchev–Trinajstić information content (AvgIpc) is 2.71. The molecule has 31 heavy (non-hydrogen) atoms. The summed E-state index contributed by atoms with van der Waals surface area (Å²) in [6.45, 7) is 0.815. The van der Waals surface area contributed by atoms with Crippen molar-refractivity contribution in [3.63, 3.8) is 0 Å². The maximum absolute atomic E-state index is 12.7. The van der Waals surface area contributed by atoms with E-state index in [1.165, 1.54) is 0 Å². The Morgan fingerprint density at radius 2 is 1.77 bits per heavy atom. The van der Waals surface area contributed by atoms with Gasteiger partial charge in [0, 0.05) is 6.54 Å². The molecular formula is C20H21F3N2O5S. The predicted molar refractivity (Wildman–Crippen MR) is 105 cm³/mol. The maximum Gasteiger partial charge on any atom is 0.416 e. The van der Waals surface area contributed by atoms with Crippen LogP contribution < -0.4 is 10.0 Å². The Kier molecular flexibility index (Phi) is 8.17. The zero-order valence-corrected chi connectivity index (χ0v) is 17.3. The molecule has 0 unspecified atom stereocenters. The Morgan fingerprint density at radius 3 is 2.45 bits per heavy atom. The van der Waals surface area contributed by atoms with Crippen LogP contribution in [-0.2, 0) is 36.9 Å². The molecule has 0 aromatic heterocycles. The van der Waals surface area contributed by atoms with Gasteiger partial charge in [-0.2, -0.15) is 17.9 Å². The van der Waals surface area contributed by atoms with Gasteiger partial charge in [0.25, 0.3) is 5.91 Å². The molecule has 2 aromatic rings. The van der Waals surface area contributed by atoms with E-state index in [2.05, 4.69) is 10.1 Å². The summed E-state index contributed by atoms with van der Waals surface area (Å²) in [6.07, 6.45) is -4.12. The summed E-state index contributed by atoms with van der Waals surface area (Å²) in [5, 5.41) is 2.57. The van der Waals surface area contributed by atoms with Crippen LogP contribution in [0.4, 0.5) is 13.2 Å². The van der Waals surface area contributed by atoms with Crippen LogP contribution in [0.25, 0.3) is 0 Å². The molecule has 0 saturated heterocycles. The van der Waals surface area contributed by atoms with Gasteiger partial charge in [0.1, 0.15) is 6.54 Å². The fourth-order valence-electron chi connectivity index (χ4n) is 2.55. The molecule has 0 saturated carbocycles. The minimum Gasteiger partial charge on any atom is -0.455 e. The van der Waals surface area contributed by atoms with E-state index in [4.69, 9.17) is 0 Å². The van der Waals surface area contributed by atoms with Crippen LogP contribution in [0.5, 0.6) is 0 Å². The minimum atomic E-state index is -4.71. The molecule has 0 atom stereocenters. The first-order chi connectivity index (χ1) is 14.5. The SMILES string of the molecule is Cc1ccccc1CCNC(=O)COC(=O)CNS(=O)(=O)c1cccc(C(F)(F)F)c1. The smallest absolute Gasteiger partial charge is 0.416 e. The van der Waals surface area contributed by atoms with E-state index < -0.39 is 51.7 Å². The van der Waals surface area contributed by atoms with Crippen molar-refractivity contribution >= 4 is 21.9 Å². The molecule has 2 rings (SSSR count). The van der Waals surface area contributed by atoms with Crippen molar-refractivity contribution in [1.82, 2.24) is 10.0 Å². The molecular weight excluding hydrogens is 437 g/mol. The average molecular weight is 458 g/mol. The second-order valence-corrected chi connectivity index (χ2v) is 8.30. The Balaban J connectivity index is 1.77. The Morgan fingerprint density at radius 1 is 1.06 bits per heavy atom. The number of ether oxygens (including phenoxy) is 1. The standard InChI is InChI=1S/C20H21F3N2O5S/c1-14-5-2-3-6-15(14)9-10-24-18(26)13-30-19(27)12-25-31(28,29)17-8-4-7-16(11-17)20(21,22)23/h2-8,11,25H,9-10,12-13H2,1H3,(H,24,26). The number of carbonyl (C=O) groups excluding carboxylic acids is 2. The van der Waals surface area contributed by atoms with E-state index in [0.717, 1.165) is 29.3 Å². The van der Waals surface area contributed by atoms with Gasteiger partial charge in [-0.05, 0) is 42.7 Å². The number of halogens is 3. The van der Waals surface area contributed by atoms with Crippen LogP contribution in [0.3, 0.4) is 0 Å². The van der Waals surface area contributed by atoms with Gasteiger partial charge < -0.3 is 10.1 Å². The topological polar surface area (TPSA) is 102 Å². The first-order valence-electron chi connectivity index (χ1n) is 9.13. The fourth-order valence-corrected chi connectivity index (χ4v) is 3.57.